The molecule has 3 rings (SSSR count). The average Bonchev–Trinajstić information content (AvgIpc) is 3.05. The van der Waals surface area contributed by atoms with Crippen molar-refractivity contribution >= 4 is 11.9 Å². The van der Waals surface area contributed by atoms with Crippen molar-refractivity contribution in [1.29, 1.82) is 5.26 Å². The second-order valence-corrected chi connectivity index (χ2v) is 10.3. The number of carbonyl (C=O) groups is 2. The maximum Gasteiger partial charge on any atom is 0.327 e. The number of hydrogen-bond acceptors (Lipinski definition) is 5. The van der Waals surface area contributed by atoms with Gasteiger partial charge in [-0.1, -0.05) is 41.5 Å². The van der Waals surface area contributed by atoms with E-state index in [2.05, 4.69) is 47.6 Å². The van der Waals surface area contributed by atoms with Gasteiger partial charge < -0.3 is 9.47 Å². The molecule has 2 aliphatic carbocycles. The highest BCUT2D eigenvalue weighted by Crippen LogP contribution is 2.63. The number of ether oxygens (including phenoxy) is 2. The summed E-state index contributed by atoms with van der Waals surface area (Å²) in [6, 6.07) is 2.19. The van der Waals surface area contributed by atoms with E-state index in [-0.39, 0.29) is 28.6 Å². The maximum absolute atomic E-state index is 13.3. The normalized spacial score (nSPS) is 37.0. The molecule has 5 heteroatoms. The molecule has 0 amide bonds. The van der Waals surface area contributed by atoms with Crippen molar-refractivity contribution in [3.63, 3.8) is 0 Å². The van der Waals surface area contributed by atoms with Crippen molar-refractivity contribution in [2.45, 2.75) is 73.5 Å². The number of fused-ring (bicyclic) bond motifs is 1. The Bertz CT molecular complexity index is 649. The van der Waals surface area contributed by atoms with Gasteiger partial charge in [-0.15, -0.1) is 0 Å². The third-order valence-electron chi connectivity index (χ3n) is 7.42. The molecule has 0 aromatic carbocycles. The molecule has 0 N–H and O–H groups in total. The van der Waals surface area contributed by atoms with Crippen molar-refractivity contribution in [3.05, 3.63) is 0 Å². The summed E-state index contributed by atoms with van der Waals surface area (Å²) in [5.74, 6) is -0.770. The second-order valence-electron chi connectivity index (χ2n) is 10.3. The summed E-state index contributed by atoms with van der Waals surface area (Å²) >= 11 is 0. The highest BCUT2D eigenvalue weighted by atomic mass is 16.6. The Morgan fingerprint density at radius 2 is 1.76 bits per heavy atom. The van der Waals surface area contributed by atoms with Crippen LogP contribution in [0.15, 0.2) is 0 Å². The predicted octanol–water partition coefficient (Wildman–Crippen LogP) is 3.47. The molecule has 1 saturated heterocycles. The van der Waals surface area contributed by atoms with Crippen molar-refractivity contribution in [1.82, 2.24) is 0 Å². The molecule has 2 saturated carbocycles. The monoisotopic (exact) mass is 347 g/mol. The molecule has 5 nitrogen and oxygen atoms in total. The lowest BCUT2D eigenvalue weighted by molar-refractivity contribution is -0.187. The van der Waals surface area contributed by atoms with Gasteiger partial charge in [0.25, 0.3) is 0 Å². The van der Waals surface area contributed by atoms with Crippen LogP contribution in [-0.4, -0.2) is 24.1 Å². The van der Waals surface area contributed by atoms with Crippen LogP contribution >= 0.6 is 0 Å². The van der Waals surface area contributed by atoms with E-state index in [1.807, 2.05) is 6.92 Å². The van der Waals surface area contributed by atoms with Crippen molar-refractivity contribution in [2.24, 2.45) is 33.5 Å². The summed E-state index contributed by atoms with van der Waals surface area (Å²) in [5, 5.41) is 9.49. The number of hydrogen-bond donors (Lipinski definition) is 0. The van der Waals surface area contributed by atoms with Crippen LogP contribution in [0.2, 0.25) is 0 Å². The molecule has 25 heavy (non-hydrogen) atoms. The molecule has 5 atom stereocenters. The Labute approximate surface area is 150 Å². The quantitative estimate of drug-likeness (QED) is 0.715. The lowest BCUT2D eigenvalue weighted by Gasteiger charge is -2.49. The van der Waals surface area contributed by atoms with E-state index in [1.165, 1.54) is 0 Å². The van der Waals surface area contributed by atoms with Crippen molar-refractivity contribution in [3.8, 4) is 6.07 Å². The number of nitrogens with zero attached hydrogens (tertiary/aromatic N) is 1. The van der Waals surface area contributed by atoms with E-state index in [9.17, 15) is 14.9 Å². The number of carbonyl (C=O) groups excluding carboxylic acids is 2. The molecule has 3 aliphatic rings. The molecule has 3 fully saturated rings. The SMILES string of the molecule is CC(C)(C)C(C)(C(=O)OC1C2CC3C1OC(=O)C3(C#N)C2)C(C)(C)C. The van der Waals surface area contributed by atoms with Gasteiger partial charge in [-0.3, -0.25) is 9.59 Å². The summed E-state index contributed by atoms with van der Waals surface area (Å²) in [5.41, 5.74) is -2.28. The molecule has 1 aliphatic heterocycles. The molecule has 0 radical (unpaired) electrons. The number of rotatable bonds is 2. The minimum Gasteiger partial charge on any atom is -0.458 e. The summed E-state index contributed by atoms with van der Waals surface area (Å²) < 4.78 is 11.5. The molecule has 0 spiro atoms. The average molecular weight is 347 g/mol. The Kier molecular flexibility index (Phi) is 3.64. The fourth-order valence-corrected chi connectivity index (χ4v) is 5.27. The van der Waals surface area contributed by atoms with Crippen LogP contribution in [-0.2, 0) is 19.1 Å². The minimum atomic E-state index is -1.00. The molecule has 138 valence electrons. The van der Waals surface area contributed by atoms with Gasteiger partial charge in [0.15, 0.2) is 5.41 Å². The van der Waals surface area contributed by atoms with Gasteiger partial charge in [-0.25, -0.2) is 0 Å². The van der Waals surface area contributed by atoms with E-state index >= 15 is 0 Å². The van der Waals surface area contributed by atoms with Gasteiger partial charge in [0.05, 0.1) is 11.5 Å². The number of esters is 2. The zero-order valence-corrected chi connectivity index (χ0v) is 16.3. The largest absolute Gasteiger partial charge is 0.458 e. The van der Waals surface area contributed by atoms with Crippen LogP contribution < -0.4 is 0 Å². The third kappa shape index (κ3) is 2.12. The standard InChI is InChI=1S/C20H29NO4/c1-17(2,3)19(7,18(4,5)6)15(22)24-13-11-8-12-14(13)25-16(23)20(12,9-11)10-21/h11-14H,8-9H2,1-7H3. The van der Waals surface area contributed by atoms with E-state index in [1.54, 1.807) is 0 Å². The van der Waals surface area contributed by atoms with E-state index in [4.69, 9.17) is 9.47 Å². The van der Waals surface area contributed by atoms with Gasteiger partial charge in [0.2, 0.25) is 0 Å². The second kappa shape index (κ2) is 4.99. The fraction of sp³-hybridized carbons (Fsp3) is 0.850. The maximum atomic E-state index is 13.3. The topological polar surface area (TPSA) is 76.4 Å². The van der Waals surface area contributed by atoms with Crippen molar-refractivity contribution < 1.29 is 19.1 Å². The molecular formula is C20H29NO4. The molecular weight excluding hydrogens is 318 g/mol. The van der Waals surface area contributed by atoms with Crippen LogP contribution in [0.4, 0.5) is 0 Å². The van der Waals surface area contributed by atoms with Gasteiger partial charge in [0, 0.05) is 11.8 Å². The minimum absolute atomic E-state index is 0.0363. The van der Waals surface area contributed by atoms with Gasteiger partial charge in [0.1, 0.15) is 12.2 Å². The van der Waals surface area contributed by atoms with Gasteiger partial charge >= 0.3 is 11.9 Å². The fourth-order valence-electron chi connectivity index (χ4n) is 5.27. The highest BCUT2D eigenvalue weighted by Gasteiger charge is 2.72. The first kappa shape index (κ1) is 18.2. The summed E-state index contributed by atoms with van der Waals surface area (Å²) in [4.78, 5) is 25.5. The van der Waals surface area contributed by atoms with Gasteiger partial charge in [-0.2, -0.15) is 5.26 Å². The molecule has 0 aromatic rings. The Balaban J connectivity index is 1.86. The molecule has 0 aromatic heterocycles. The first-order valence-electron chi connectivity index (χ1n) is 9.13. The lowest BCUT2D eigenvalue weighted by atomic mass is 9.55. The summed E-state index contributed by atoms with van der Waals surface area (Å²) in [6.45, 7) is 14.3. The highest BCUT2D eigenvalue weighted by molar-refractivity contribution is 5.85. The summed E-state index contributed by atoms with van der Waals surface area (Å²) in [7, 11) is 0. The molecule has 2 bridgehead atoms. The van der Waals surface area contributed by atoms with Crippen molar-refractivity contribution in [2.75, 3.05) is 0 Å². The first-order valence-corrected chi connectivity index (χ1v) is 9.13. The zero-order valence-electron chi connectivity index (χ0n) is 16.3. The Morgan fingerprint density at radius 3 is 2.24 bits per heavy atom. The molecule has 5 unspecified atom stereocenters. The van der Waals surface area contributed by atoms with Gasteiger partial charge in [-0.05, 0) is 30.6 Å². The van der Waals surface area contributed by atoms with Crippen LogP contribution in [0.5, 0.6) is 0 Å². The smallest absolute Gasteiger partial charge is 0.327 e. The van der Waals surface area contributed by atoms with Crippen LogP contribution in [0, 0.1) is 44.8 Å². The zero-order chi connectivity index (χ0) is 19.0. The van der Waals surface area contributed by atoms with E-state index < -0.39 is 29.0 Å². The van der Waals surface area contributed by atoms with E-state index in [0.29, 0.717) is 6.42 Å². The summed E-state index contributed by atoms with van der Waals surface area (Å²) in [6.07, 6.45) is 0.292. The molecule has 1 heterocycles. The van der Waals surface area contributed by atoms with Crippen LogP contribution in [0.25, 0.3) is 0 Å². The van der Waals surface area contributed by atoms with Crippen LogP contribution in [0.3, 0.4) is 0 Å². The Hall–Kier alpha value is -1.57. The predicted molar refractivity (Wildman–Crippen MR) is 91.0 cm³/mol. The Morgan fingerprint density at radius 1 is 1.20 bits per heavy atom. The first-order chi connectivity index (χ1) is 11.3. The van der Waals surface area contributed by atoms with E-state index in [0.717, 1.165) is 6.42 Å². The third-order valence-corrected chi connectivity index (χ3v) is 7.42. The van der Waals surface area contributed by atoms with Crippen LogP contribution in [0.1, 0.15) is 61.3 Å². The number of nitriles is 1. The lowest BCUT2D eigenvalue weighted by Crippen LogP contribution is -2.53.